The fourth-order valence-electron chi connectivity index (χ4n) is 1.06. The Labute approximate surface area is 82.9 Å². The molecule has 0 spiro atoms. The van der Waals surface area contributed by atoms with Gasteiger partial charge in [-0.2, -0.15) is 13.2 Å². The summed E-state index contributed by atoms with van der Waals surface area (Å²) < 4.78 is 41.6. The molecule has 1 heterocycles. The monoisotopic (exact) mass is 220 g/mol. The Bertz CT molecular complexity index is 390. The predicted molar refractivity (Wildman–Crippen MR) is 45.0 cm³/mol. The van der Waals surface area contributed by atoms with E-state index >= 15 is 0 Å². The standard InChI is InChI=1S/C8H7F3N2O2/c1-15-7(14)4-2-3-13-6(12)5(4)8(9,10)11/h2-3H,1H3,(H2,12,13). The highest BCUT2D eigenvalue weighted by atomic mass is 19.4. The molecule has 0 aliphatic carbocycles. The number of hydrogen-bond acceptors (Lipinski definition) is 4. The summed E-state index contributed by atoms with van der Waals surface area (Å²) in [5, 5.41) is 0. The van der Waals surface area contributed by atoms with E-state index in [1.54, 1.807) is 0 Å². The highest BCUT2D eigenvalue weighted by Crippen LogP contribution is 2.35. The second-order valence-corrected chi connectivity index (χ2v) is 2.61. The fourth-order valence-corrected chi connectivity index (χ4v) is 1.06. The van der Waals surface area contributed by atoms with Crippen molar-refractivity contribution in [2.45, 2.75) is 6.18 Å². The van der Waals surface area contributed by atoms with Gasteiger partial charge in [0.15, 0.2) is 0 Å². The summed E-state index contributed by atoms with van der Waals surface area (Å²) in [6, 6.07) is 0.908. The minimum absolute atomic E-state index is 0.641. The van der Waals surface area contributed by atoms with Gasteiger partial charge in [-0.05, 0) is 6.07 Å². The molecule has 7 heteroatoms. The van der Waals surface area contributed by atoms with Crippen molar-refractivity contribution in [3.05, 3.63) is 23.4 Å². The lowest BCUT2D eigenvalue weighted by molar-refractivity contribution is -0.137. The molecule has 0 unspecified atom stereocenters. The average molecular weight is 220 g/mol. The third kappa shape index (κ3) is 2.17. The van der Waals surface area contributed by atoms with Crippen LogP contribution in [0.4, 0.5) is 19.0 Å². The van der Waals surface area contributed by atoms with Crippen LogP contribution in [0, 0.1) is 0 Å². The molecule has 1 rings (SSSR count). The molecule has 0 aliphatic rings. The van der Waals surface area contributed by atoms with Gasteiger partial charge in [0.1, 0.15) is 11.4 Å². The van der Waals surface area contributed by atoms with Crippen LogP contribution in [0.15, 0.2) is 12.3 Å². The minimum atomic E-state index is -4.73. The summed E-state index contributed by atoms with van der Waals surface area (Å²) in [6.45, 7) is 0. The normalized spacial score (nSPS) is 11.2. The molecule has 0 saturated heterocycles. The number of aromatic nitrogens is 1. The van der Waals surface area contributed by atoms with Crippen molar-refractivity contribution >= 4 is 11.8 Å². The van der Waals surface area contributed by atoms with Crippen LogP contribution in [0.25, 0.3) is 0 Å². The second kappa shape index (κ2) is 3.76. The number of methoxy groups -OCH3 is 1. The van der Waals surface area contributed by atoms with Gasteiger partial charge in [0.05, 0.1) is 12.7 Å². The predicted octanol–water partition coefficient (Wildman–Crippen LogP) is 1.47. The minimum Gasteiger partial charge on any atom is -0.465 e. The quantitative estimate of drug-likeness (QED) is 0.728. The SMILES string of the molecule is COC(=O)c1ccnc(N)c1C(F)(F)F. The molecule has 0 aliphatic heterocycles. The van der Waals surface area contributed by atoms with E-state index in [1.807, 2.05) is 0 Å². The first kappa shape index (κ1) is 11.3. The Morgan fingerprint density at radius 3 is 2.60 bits per heavy atom. The topological polar surface area (TPSA) is 65.2 Å². The van der Waals surface area contributed by atoms with E-state index in [4.69, 9.17) is 5.73 Å². The number of rotatable bonds is 1. The smallest absolute Gasteiger partial charge is 0.420 e. The van der Waals surface area contributed by atoms with E-state index < -0.39 is 29.1 Å². The van der Waals surface area contributed by atoms with Crippen LogP contribution in [0.2, 0.25) is 0 Å². The van der Waals surface area contributed by atoms with Gasteiger partial charge < -0.3 is 10.5 Å². The van der Waals surface area contributed by atoms with Crippen LogP contribution in [-0.2, 0) is 10.9 Å². The third-order valence-corrected chi connectivity index (χ3v) is 1.67. The number of nitrogens with zero attached hydrogens (tertiary/aromatic N) is 1. The maximum atomic E-state index is 12.5. The number of carbonyl (C=O) groups excluding carboxylic acids is 1. The van der Waals surface area contributed by atoms with Crippen LogP contribution in [-0.4, -0.2) is 18.1 Å². The van der Waals surface area contributed by atoms with E-state index in [9.17, 15) is 18.0 Å². The van der Waals surface area contributed by atoms with Crippen LogP contribution in [0.3, 0.4) is 0 Å². The molecule has 0 aromatic carbocycles. The molecule has 82 valence electrons. The Hall–Kier alpha value is -1.79. The number of anilines is 1. The summed E-state index contributed by atoms with van der Waals surface area (Å²) >= 11 is 0. The van der Waals surface area contributed by atoms with E-state index in [2.05, 4.69) is 9.72 Å². The van der Waals surface area contributed by atoms with Gasteiger partial charge in [0.2, 0.25) is 0 Å². The number of esters is 1. The van der Waals surface area contributed by atoms with Crippen LogP contribution < -0.4 is 5.73 Å². The molecule has 4 nitrogen and oxygen atoms in total. The number of nitrogens with two attached hydrogens (primary N) is 1. The van der Waals surface area contributed by atoms with Gasteiger partial charge in [0, 0.05) is 6.20 Å². The van der Waals surface area contributed by atoms with Crippen molar-refractivity contribution in [2.24, 2.45) is 0 Å². The van der Waals surface area contributed by atoms with E-state index in [0.29, 0.717) is 0 Å². The maximum Gasteiger partial charge on any atom is 0.420 e. The first-order chi connectivity index (χ1) is 6.88. The van der Waals surface area contributed by atoms with Gasteiger partial charge in [-0.3, -0.25) is 0 Å². The molecule has 0 amide bonds. The van der Waals surface area contributed by atoms with Gasteiger partial charge in [-0.25, -0.2) is 9.78 Å². The van der Waals surface area contributed by atoms with Gasteiger partial charge in [-0.1, -0.05) is 0 Å². The zero-order valence-corrected chi connectivity index (χ0v) is 7.63. The first-order valence-electron chi connectivity index (χ1n) is 3.78. The number of alkyl halides is 3. The first-order valence-corrected chi connectivity index (χ1v) is 3.78. The van der Waals surface area contributed by atoms with Crippen LogP contribution >= 0.6 is 0 Å². The molecule has 1 aromatic heterocycles. The number of hydrogen-bond donors (Lipinski definition) is 1. The van der Waals surface area contributed by atoms with E-state index in [0.717, 1.165) is 19.4 Å². The zero-order chi connectivity index (χ0) is 11.6. The number of halogens is 3. The number of carbonyl (C=O) groups is 1. The summed E-state index contributed by atoms with van der Waals surface area (Å²) in [5.41, 5.74) is 3.15. The maximum absolute atomic E-state index is 12.5. The van der Waals surface area contributed by atoms with Crippen molar-refractivity contribution in [3.8, 4) is 0 Å². The third-order valence-electron chi connectivity index (χ3n) is 1.67. The second-order valence-electron chi connectivity index (χ2n) is 2.61. The number of pyridine rings is 1. The lowest BCUT2D eigenvalue weighted by atomic mass is 10.1. The summed E-state index contributed by atoms with van der Waals surface area (Å²) in [7, 11) is 0.985. The van der Waals surface area contributed by atoms with Crippen LogP contribution in [0.5, 0.6) is 0 Å². The fraction of sp³-hybridized carbons (Fsp3) is 0.250. The highest BCUT2D eigenvalue weighted by Gasteiger charge is 2.38. The van der Waals surface area contributed by atoms with Gasteiger partial charge in [-0.15, -0.1) is 0 Å². The van der Waals surface area contributed by atoms with Crippen molar-refractivity contribution in [2.75, 3.05) is 12.8 Å². The molecular formula is C8H7F3N2O2. The Morgan fingerprint density at radius 2 is 2.13 bits per heavy atom. The molecule has 2 N–H and O–H groups in total. The molecular weight excluding hydrogens is 213 g/mol. The molecule has 0 radical (unpaired) electrons. The van der Waals surface area contributed by atoms with E-state index in [1.165, 1.54) is 0 Å². The lowest BCUT2D eigenvalue weighted by Gasteiger charge is -2.12. The van der Waals surface area contributed by atoms with Gasteiger partial charge in [0.25, 0.3) is 0 Å². The van der Waals surface area contributed by atoms with Gasteiger partial charge >= 0.3 is 12.1 Å². The summed E-state index contributed by atoms with van der Waals surface area (Å²) in [5.74, 6) is -1.85. The Kier molecular flexibility index (Phi) is 2.83. The lowest BCUT2D eigenvalue weighted by Crippen LogP contribution is -2.17. The summed E-state index contributed by atoms with van der Waals surface area (Å²) in [6.07, 6.45) is -3.72. The molecule has 15 heavy (non-hydrogen) atoms. The van der Waals surface area contributed by atoms with Crippen molar-refractivity contribution in [3.63, 3.8) is 0 Å². The molecule has 0 bridgehead atoms. The van der Waals surface area contributed by atoms with E-state index in [-0.39, 0.29) is 0 Å². The zero-order valence-electron chi connectivity index (χ0n) is 7.63. The largest absolute Gasteiger partial charge is 0.465 e. The van der Waals surface area contributed by atoms with Crippen molar-refractivity contribution in [1.82, 2.24) is 4.98 Å². The Morgan fingerprint density at radius 1 is 1.53 bits per heavy atom. The van der Waals surface area contributed by atoms with Crippen molar-refractivity contribution in [1.29, 1.82) is 0 Å². The molecule has 0 saturated carbocycles. The molecule has 0 atom stereocenters. The summed E-state index contributed by atoms with van der Waals surface area (Å²) in [4.78, 5) is 14.3. The van der Waals surface area contributed by atoms with Crippen molar-refractivity contribution < 1.29 is 22.7 Å². The average Bonchev–Trinajstić information content (AvgIpc) is 2.14. The molecule has 0 fully saturated rings. The molecule has 1 aromatic rings. The van der Waals surface area contributed by atoms with Crippen LogP contribution in [0.1, 0.15) is 15.9 Å². The Balaban J connectivity index is 3.40. The number of nitrogen functional groups attached to an aromatic ring is 1. The number of ether oxygens (including phenoxy) is 1. The highest BCUT2D eigenvalue weighted by molar-refractivity contribution is 5.92.